The van der Waals surface area contributed by atoms with Crippen LogP contribution >= 0.6 is 23.1 Å². The molecule has 0 saturated carbocycles. The zero-order valence-corrected chi connectivity index (χ0v) is 9.58. The molecule has 1 aromatic heterocycles. The van der Waals surface area contributed by atoms with E-state index in [0.29, 0.717) is 6.42 Å². The van der Waals surface area contributed by atoms with Crippen molar-refractivity contribution < 1.29 is 9.90 Å². The van der Waals surface area contributed by atoms with E-state index in [4.69, 9.17) is 5.11 Å². The first kappa shape index (κ1) is 11.5. The van der Waals surface area contributed by atoms with E-state index < -0.39 is 5.97 Å². The van der Waals surface area contributed by atoms with Crippen LogP contribution < -0.4 is 0 Å². The summed E-state index contributed by atoms with van der Waals surface area (Å²) in [5.41, 5.74) is 1.02. The van der Waals surface area contributed by atoms with Crippen LogP contribution in [0.15, 0.2) is 4.34 Å². The third kappa shape index (κ3) is 3.31. The molecular formula is C9H12NO2S2. The Bertz CT molecular complexity index is 323. The molecular weight excluding hydrogens is 218 g/mol. The summed E-state index contributed by atoms with van der Waals surface area (Å²) >= 11 is 3.00. The van der Waals surface area contributed by atoms with Crippen molar-refractivity contribution in [3.8, 4) is 0 Å². The lowest BCUT2D eigenvalue weighted by molar-refractivity contribution is -0.137. The molecule has 1 radical (unpaired) electrons. The topological polar surface area (TPSA) is 50.2 Å². The molecule has 1 rings (SSSR count). The van der Waals surface area contributed by atoms with Gasteiger partial charge in [0, 0.05) is 17.6 Å². The Hall–Kier alpha value is -0.550. The molecule has 0 aliphatic heterocycles. The summed E-state index contributed by atoms with van der Waals surface area (Å²) in [4.78, 5) is 15.8. The van der Waals surface area contributed by atoms with Crippen LogP contribution in [0.25, 0.3) is 0 Å². The van der Waals surface area contributed by atoms with Gasteiger partial charge in [0.1, 0.15) is 4.34 Å². The molecule has 1 N–H and O–H groups in total. The number of aryl methyl sites for hydroxylation is 2. The molecule has 0 spiro atoms. The summed E-state index contributed by atoms with van der Waals surface area (Å²) in [5, 5.41) is 8.48. The summed E-state index contributed by atoms with van der Waals surface area (Å²) in [5.74, 6) is -0.746. The van der Waals surface area contributed by atoms with Crippen molar-refractivity contribution in [3.63, 3.8) is 0 Å². The zero-order valence-electron chi connectivity index (χ0n) is 7.95. The quantitative estimate of drug-likeness (QED) is 0.790. The van der Waals surface area contributed by atoms with Gasteiger partial charge >= 0.3 is 5.97 Å². The summed E-state index contributed by atoms with van der Waals surface area (Å²) in [6.07, 6.45) is 5.30. The summed E-state index contributed by atoms with van der Waals surface area (Å²) in [6.45, 7) is 2.01. The summed E-state index contributed by atoms with van der Waals surface area (Å²) < 4.78 is 0.952. The average Bonchev–Trinajstić information content (AvgIpc) is 2.47. The number of nitrogens with zero attached hydrogens (tertiary/aromatic N) is 1. The highest BCUT2D eigenvalue weighted by Crippen LogP contribution is 2.26. The predicted molar refractivity (Wildman–Crippen MR) is 58.6 cm³/mol. The molecule has 0 aliphatic rings. The summed E-state index contributed by atoms with van der Waals surface area (Å²) in [7, 11) is 0. The largest absolute Gasteiger partial charge is 0.481 e. The van der Waals surface area contributed by atoms with Crippen LogP contribution in [0.4, 0.5) is 0 Å². The Morgan fingerprint density at radius 2 is 2.43 bits per heavy atom. The Labute approximate surface area is 91.6 Å². The highest BCUT2D eigenvalue weighted by Gasteiger charge is 2.07. The maximum atomic E-state index is 10.3. The molecule has 0 aliphatic carbocycles. The fourth-order valence-electron chi connectivity index (χ4n) is 1.10. The van der Waals surface area contributed by atoms with Crippen LogP contribution in [-0.2, 0) is 11.2 Å². The Morgan fingerprint density at radius 3 is 2.93 bits per heavy atom. The second-order valence-electron chi connectivity index (χ2n) is 2.87. The monoisotopic (exact) mass is 230 g/mol. The SMILES string of the molecule is [CH2]Sc1nc(CCCC(=O)O)c(C)s1. The van der Waals surface area contributed by atoms with Gasteiger partial charge in [-0.15, -0.1) is 11.3 Å². The van der Waals surface area contributed by atoms with Gasteiger partial charge in [0.15, 0.2) is 0 Å². The van der Waals surface area contributed by atoms with Crippen LogP contribution in [0.3, 0.4) is 0 Å². The molecule has 0 bridgehead atoms. The van der Waals surface area contributed by atoms with Crippen molar-refractivity contribution in [1.29, 1.82) is 0 Å². The van der Waals surface area contributed by atoms with Crippen LogP contribution in [0.2, 0.25) is 0 Å². The fourth-order valence-corrected chi connectivity index (χ4v) is 2.57. The van der Waals surface area contributed by atoms with Crippen molar-refractivity contribution in [3.05, 3.63) is 16.8 Å². The van der Waals surface area contributed by atoms with Gasteiger partial charge in [-0.05, 0) is 19.8 Å². The zero-order chi connectivity index (χ0) is 10.6. The molecule has 0 fully saturated rings. The number of hydrogen-bond acceptors (Lipinski definition) is 4. The highest BCUT2D eigenvalue weighted by atomic mass is 32.2. The molecule has 77 valence electrons. The highest BCUT2D eigenvalue weighted by molar-refractivity contribution is 8.02. The minimum Gasteiger partial charge on any atom is -0.481 e. The molecule has 1 heterocycles. The number of carboxylic acid groups (broad SMARTS) is 1. The lowest BCUT2D eigenvalue weighted by Crippen LogP contribution is -1.96. The number of rotatable bonds is 5. The molecule has 0 saturated heterocycles. The lowest BCUT2D eigenvalue weighted by atomic mass is 10.2. The molecule has 0 atom stereocenters. The number of aliphatic carboxylic acids is 1. The first-order chi connectivity index (χ1) is 6.63. The van der Waals surface area contributed by atoms with Crippen LogP contribution in [0.5, 0.6) is 0 Å². The minimum atomic E-state index is -0.746. The van der Waals surface area contributed by atoms with Crippen molar-refractivity contribution in [2.75, 3.05) is 0 Å². The van der Waals surface area contributed by atoms with E-state index in [1.807, 2.05) is 6.92 Å². The van der Waals surface area contributed by atoms with Crippen molar-refractivity contribution in [2.45, 2.75) is 30.5 Å². The normalized spacial score (nSPS) is 10.4. The van der Waals surface area contributed by atoms with Crippen LogP contribution in [-0.4, -0.2) is 16.1 Å². The van der Waals surface area contributed by atoms with Gasteiger partial charge in [-0.3, -0.25) is 4.79 Å². The maximum Gasteiger partial charge on any atom is 0.303 e. The van der Waals surface area contributed by atoms with Gasteiger partial charge < -0.3 is 5.11 Å². The fraction of sp³-hybridized carbons (Fsp3) is 0.444. The number of thioether (sulfide) groups is 1. The van der Waals surface area contributed by atoms with E-state index in [-0.39, 0.29) is 6.42 Å². The number of thiazole rings is 1. The van der Waals surface area contributed by atoms with E-state index in [2.05, 4.69) is 11.2 Å². The number of carboxylic acids is 1. The Morgan fingerprint density at radius 1 is 1.71 bits per heavy atom. The van der Waals surface area contributed by atoms with Crippen molar-refractivity contribution in [1.82, 2.24) is 4.98 Å². The van der Waals surface area contributed by atoms with E-state index in [1.165, 1.54) is 16.6 Å². The van der Waals surface area contributed by atoms with E-state index in [1.54, 1.807) is 11.3 Å². The first-order valence-corrected chi connectivity index (χ1v) is 6.04. The number of hydrogen-bond donors (Lipinski definition) is 1. The number of aromatic nitrogens is 1. The summed E-state index contributed by atoms with van der Waals surface area (Å²) in [6, 6.07) is 0. The molecule has 0 aromatic carbocycles. The smallest absolute Gasteiger partial charge is 0.303 e. The van der Waals surface area contributed by atoms with Gasteiger partial charge in [-0.1, -0.05) is 11.8 Å². The van der Waals surface area contributed by atoms with Gasteiger partial charge in [0.25, 0.3) is 0 Å². The predicted octanol–water partition coefficient (Wildman–Crippen LogP) is 2.74. The minimum absolute atomic E-state index is 0.212. The lowest BCUT2D eigenvalue weighted by Gasteiger charge is -1.95. The third-order valence-electron chi connectivity index (χ3n) is 1.80. The Balaban J connectivity index is 2.49. The van der Waals surface area contributed by atoms with E-state index >= 15 is 0 Å². The van der Waals surface area contributed by atoms with Crippen molar-refractivity contribution in [2.24, 2.45) is 0 Å². The maximum absolute atomic E-state index is 10.3. The average molecular weight is 230 g/mol. The molecule has 0 unspecified atom stereocenters. The Kier molecular flexibility index (Phi) is 4.41. The van der Waals surface area contributed by atoms with Crippen LogP contribution in [0.1, 0.15) is 23.4 Å². The first-order valence-electron chi connectivity index (χ1n) is 4.23. The van der Waals surface area contributed by atoms with Gasteiger partial charge in [-0.25, -0.2) is 4.98 Å². The third-order valence-corrected chi connectivity index (χ3v) is 3.55. The molecule has 14 heavy (non-hydrogen) atoms. The van der Waals surface area contributed by atoms with Crippen LogP contribution in [0, 0.1) is 13.2 Å². The molecule has 3 nitrogen and oxygen atoms in total. The molecule has 1 aromatic rings. The van der Waals surface area contributed by atoms with E-state index in [9.17, 15) is 4.79 Å². The standard InChI is InChI=1S/C9H12NO2S2/c1-6-7(4-3-5-8(11)12)10-9(13-2)14-6/h2-5H2,1H3,(H,11,12). The van der Waals surface area contributed by atoms with Crippen molar-refractivity contribution >= 4 is 29.1 Å². The second-order valence-corrected chi connectivity index (χ2v) is 5.01. The second kappa shape index (κ2) is 5.36. The van der Waals surface area contributed by atoms with Gasteiger partial charge in [0.05, 0.1) is 5.69 Å². The van der Waals surface area contributed by atoms with Gasteiger partial charge in [-0.2, -0.15) is 0 Å². The van der Waals surface area contributed by atoms with E-state index in [0.717, 1.165) is 16.5 Å². The molecule has 0 amide bonds. The van der Waals surface area contributed by atoms with Gasteiger partial charge in [0.2, 0.25) is 0 Å². The molecule has 5 heteroatoms. The number of carbonyl (C=O) groups is 1.